The zero-order valence-corrected chi connectivity index (χ0v) is 10.7. The van der Waals surface area contributed by atoms with E-state index < -0.39 is 0 Å². The number of carbonyl (C=O) groups excluding carboxylic acids is 1. The first-order valence-electron chi connectivity index (χ1n) is 5.48. The summed E-state index contributed by atoms with van der Waals surface area (Å²) in [6, 6.07) is 3.85. The van der Waals surface area contributed by atoms with Crippen LogP contribution in [-0.4, -0.2) is 34.7 Å². The molecule has 0 aromatic carbocycles. The number of hydrogen-bond acceptors (Lipinski definition) is 6. The van der Waals surface area contributed by atoms with Crippen LogP contribution in [0.2, 0.25) is 0 Å². The second-order valence-corrected chi connectivity index (χ2v) is 4.50. The molecule has 6 nitrogen and oxygen atoms in total. The summed E-state index contributed by atoms with van der Waals surface area (Å²) in [7, 11) is 1.74. The Hall–Kier alpha value is -2.02. The van der Waals surface area contributed by atoms with Gasteiger partial charge in [-0.3, -0.25) is 9.78 Å². The highest BCUT2D eigenvalue weighted by Crippen LogP contribution is 2.13. The Morgan fingerprint density at radius 2 is 2.11 bits per heavy atom. The lowest BCUT2D eigenvalue weighted by atomic mass is 10.2. The normalized spacial score (nSPS) is 10.1. The van der Waals surface area contributed by atoms with Crippen LogP contribution in [0.4, 0.5) is 5.13 Å². The van der Waals surface area contributed by atoms with Gasteiger partial charge in [-0.15, -0.1) is 10.2 Å². The maximum atomic E-state index is 11.7. The van der Waals surface area contributed by atoms with Crippen LogP contribution in [0.1, 0.15) is 15.4 Å². The van der Waals surface area contributed by atoms with Crippen molar-refractivity contribution >= 4 is 22.4 Å². The van der Waals surface area contributed by atoms with Gasteiger partial charge in [0, 0.05) is 26.0 Å². The quantitative estimate of drug-likeness (QED) is 0.839. The van der Waals surface area contributed by atoms with Crippen LogP contribution in [0.25, 0.3) is 0 Å². The molecular formula is C11H13N5OS. The molecule has 0 unspecified atom stereocenters. The van der Waals surface area contributed by atoms with Gasteiger partial charge in [-0.25, -0.2) is 0 Å². The van der Waals surface area contributed by atoms with Gasteiger partial charge in [-0.1, -0.05) is 11.3 Å². The van der Waals surface area contributed by atoms with E-state index in [1.807, 2.05) is 12.1 Å². The van der Waals surface area contributed by atoms with E-state index in [-0.39, 0.29) is 5.91 Å². The fourth-order valence-corrected chi connectivity index (χ4v) is 1.97. The third-order valence-corrected chi connectivity index (χ3v) is 3.22. The molecule has 2 aromatic heterocycles. The van der Waals surface area contributed by atoms with Crippen LogP contribution in [-0.2, 0) is 6.42 Å². The fraction of sp³-hybridized carbons (Fsp3) is 0.273. The monoisotopic (exact) mass is 263 g/mol. The van der Waals surface area contributed by atoms with Crippen LogP contribution in [0.15, 0.2) is 24.5 Å². The summed E-state index contributed by atoms with van der Waals surface area (Å²) < 4.78 is 0. The van der Waals surface area contributed by atoms with Crippen LogP contribution in [0.5, 0.6) is 0 Å². The molecule has 0 fully saturated rings. The molecule has 2 heterocycles. The van der Waals surface area contributed by atoms with Gasteiger partial charge in [-0.2, -0.15) is 0 Å². The average molecular weight is 263 g/mol. The number of nitrogens with one attached hydrogen (secondary N) is 2. The van der Waals surface area contributed by atoms with E-state index in [1.54, 1.807) is 19.4 Å². The molecule has 0 aliphatic rings. The number of carbonyl (C=O) groups is 1. The van der Waals surface area contributed by atoms with Crippen LogP contribution in [0, 0.1) is 0 Å². The molecule has 0 saturated heterocycles. The van der Waals surface area contributed by atoms with E-state index in [0.29, 0.717) is 16.7 Å². The molecule has 94 valence electrons. The first kappa shape index (κ1) is 12.4. The van der Waals surface area contributed by atoms with Crippen molar-refractivity contribution in [1.29, 1.82) is 0 Å². The zero-order valence-electron chi connectivity index (χ0n) is 9.88. The minimum absolute atomic E-state index is 0.192. The highest BCUT2D eigenvalue weighted by Gasteiger charge is 2.11. The molecule has 1 amide bonds. The lowest BCUT2D eigenvalue weighted by Crippen LogP contribution is -2.25. The molecule has 18 heavy (non-hydrogen) atoms. The second-order valence-electron chi connectivity index (χ2n) is 3.52. The van der Waals surface area contributed by atoms with Gasteiger partial charge in [0.2, 0.25) is 10.1 Å². The molecule has 2 aromatic rings. The van der Waals surface area contributed by atoms with Crippen LogP contribution < -0.4 is 10.6 Å². The lowest BCUT2D eigenvalue weighted by Gasteiger charge is -2.02. The van der Waals surface area contributed by atoms with E-state index in [2.05, 4.69) is 25.8 Å². The van der Waals surface area contributed by atoms with Gasteiger partial charge in [-0.05, 0) is 24.1 Å². The third kappa shape index (κ3) is 3.24. The molecule has 0 saturated carbocycles. The SMILES string of the molecule is CNc1nnc(C(=O)NCCc2ccncc2)s1. The Labute approximate surface area is 108 Å². The number of aromatic nitrogens is 3. The van der Waals surface area contributed by atoms with Crippen molar-refractivity contribution in [3.05, 3.63) is 35.1 Å². The number of nitrogens with zero attached hydrogens (tertiary/aromatic N) is 3. The van der Waals surface area contributed by atoms with Crippen molar-refractivity contribution in [2.45, 2.75) is 6.42 Å². The van der Waals surface area contributed by atoms with Gasteiger partial charge in [0.1, 0.15) is 0 Å². The van der Waals surface area contributed by atoms with Crippen molar-refractivity contribution in [2.75, 3.05) is 18.9 Å². The Kier molecular flexibility index (Phi) is 4.19. The minimum atomic E-state index is -0.192. The highest BCUT2D eigenvalue weighted by molar-refractivity contribution is 7.17. The molecule has 0 aliphatic carbocycles. The topological polar surface area (TPSA) is 79.8 Å². The van der Waals surface area contributed by atoms with E-state index in [9.17, 15) is 4.79 Å². The number of hydrogen-bond donors (Lipinski definition) is 2. The van der Waals surface area contributed by atoms with E-state index in [1.165, 1.54) is 11.3 Å². The molecule has 0 spiro atoms. The third-order valence-electron chi connectivity index (χ3n) is 2.28. The van der Waals surface area contributed by atoms with Crippen molar-refractivity contribution in [2.24, 2.45) is 0 Å². The smallest absolute Gasteiger partial charge is 0.282 e. The van der Waals surface area contributed by atoms with Crippen LogP contribution >= 0.6 is 11.3 Å². The predicted molar refractivity (Wildman–Crippen MR) is 69.7 cm³/mol. The van der Waals surface area contributed by atoms with Crippen molar-refractivity contribution < 1.29 is 4.79 Å². The first-order chi connectivity index (χ1) is 8.79. The molecule has 0 bridgehead atoms. The Morgan fingerprint density at radius 3 is 2.78 bits per heavy atom. The predicted octanol–water partition coefficient (Wildman–Crippen LogP) is 0.947. The summed E-state index contributed by atoms with van der Waals surface area (Å²) in [5.74, 6) is -0.192. The summed E-state index contributed by atoms with van der Waals surface area (Å²) in [5.41, 5.74) is 1.14. The standard InChI is InChI=1S/C11H13N5OS/c1-12-11-16-15-10(18-11)9(17)14-7-4-8-2-5-13-6-3-8/h2-3,5-6H,4,7H2,1H3,(H,12,16)(H,14,17). The maximum Gasteiger partial charge on any atom is 0.282 e. The fourth-order valence-electron chi connectivity index (χ4n) is 1.36. The summed E-state index contributed by atoms with van der Waals surface area (Å²) in [4.78, 5) is 15.7. The maximum absolute atomic E-state index is 11.7. The molecule has 0 radical (unpaired) electrons. The Balaban J connectivity index is 1.81. The molecule has 7 heteroatoms. The Morgan fingerprint density at radius 1 is 1.33 bits per heavy atom. The summed E-state index contributed by atoms with van der Waals surface area (Å²) >= 11 is 1.23. The first-order valence-corrected chi connectivity index (χ1v) is 6.29. The molecule has 0 aliphatic heterocycles. The van der Waals surface area contributed by atoms with Gasteiger partial charge in [0.05, 0.1) is 0 Å². The number of pyridine rings is 1. The largest absolute Gasteiger partial charge is 0.363 e. The van der Waals surface area contributed by atoms with Gasteiger partial charge >= 0.3 is 0 Å². The van der Waals surface area contributed by atoms with Crippen molar-refractivity contribution in [3.8, 4) is 0 Å². The van der Waals surface area contributed by atoms with Gasteiger partial charge in [0.25, 0.3) is 5.91 Å². The Bertz CT molecular complexity index is 513. The van der Waals surface area contributed by atoms with Crippen LogP contribution in [0.3, 0.4) is 0 Å². The molecule has 0 atom stereocenters. The van der Waals surface area contributed by atoms with Gasteiger partial charge < -0.3 is 10.6 Å². The summed E-state index contributed by atoms with van der Waals surface area (Å²) in [6.07, 6.45) is 4.24. The summed E-state index contributed by atoms with van der Waals surface area (Å²) in [6.45, 7) is 0.567. The number of anilines is 1. The lowest BCUT2D eigenvalue weighted by molar-refractivity contribution is 0.0953. The van der Waals surface area contributed by atoms with Crippen molar-refractivity contribution in [1.82, 2.24) is 20.5 Å². The average Bonchev–Trinajstić information content (AvgIpc) is 2.89. The minimum Gasteiger partial charge on any atom is -0.363 e. The molecular weight excluding hydrogens is 250 g/mol. The van der Waals surface area contributed by atoms with E-state index in [4.69, 9.17) is 0 Å². The van der Waals surface area contributed by atoms with Gasteiger partial charge in [0.15, 0.2) is 0 Å². The second kappa shape index (κ2) is 6.06. The molecule has 2 rings (SSSR count). The number of rotatable bonds is 5. The molecule has 2 N–H and O–H groups in total. The van der Waals surface area contributed by atoms with Crippen molar-refractivity contribution in [3.63, 3.8) is 0 Å². The van der Waals surface area contributed by atoms with E-state index in [0.717, 1.165) is 12.0 Å². The highest BCUT2D eigenvalue weighted by atomic mass is 32.1. The van der Waals surface area contributed by atoms with E-state index >= 15 is 0 Å². The zero-order chi connectivity index (χ0) is 12.8. The summed E-state index contributed by atoms with van der Waals surface area (Å²) in [5, 5.41) is 14.3. The number of amides is 1.